The molecule has 1 amide bonds. The Kier molecular flexibility index (Phi) is 11.2. The smallest absolute Gasteiger partial charge is 0.222 e. The monoisotopic (exact) mass is 531 g/mol. The van der Waals surface area contributed by atoms with Crippen LogP contribution in [0.4, 0.5) is 5.82 Å². The number of rotatable bonds is 14. The van der Waals surface area contributed by atoms with E-state index in [2.05, 4.69) is 20.3 Å². The Hall–Kier alpha value is -1.77. The van der Waals surface area contributed by atoms with Gasteiger partial charge in [-0.15, -0.1) is 0 Å². The molecule has 1 aliphatic heterocycles. The van der Waals surface area contributed by atoms with Gasteiger partial charge in [-0.2, -0.15) is 0 Å². The number of ether oxygens (including phenoxy) is 3. The van der Waals surface area contributed by atoms with Crippen molar-refractivity contribution < 1.29 is 38.0 Å². The van der Waals surface area contributed by atoms with E-state index in [9.17, 15) is 14.7 Å². The third kappa shape index (κ3) is 7.37. The fourth-order valence-electron chi connectivity index (χ4n) is 3.42. The average molecular weight is 532 g/mol. The highest BCUT2D eigenvalue weighted by Gasteiger charge is 2.47. The van der Waals surface area contributed by atoms with Crippen LogP contribution in [0, 0.1) is 0 Å². The van der Waals surface area contributed by atoms with E-state index in [0.717, 1.165) is 0 Å². The normalized spacial score (nSPS) is 22.4. The zero-order valence-electron chi connectivity index (χ0n) is 19.7. The summed E-state index contributed by atoms with van der Waals surface area (Å²) in [5.41, 5.74) is 0.830. The number of hydrogen-bond acceptors (Lipinski definition) is 12. The van der Waals surface area contributed by atoms with Gasteiger partial charge in [0.15, 0.2) is 37.4 Å². The number of fused-ring (bicyclic) bond motifs is 1. The summed E-state index contributed by atoms with van der Waals surface area (Å²) in [6.45, 7) is 4.07. The Morgan fingerprint density at radius 2 is 2.09 bits per heavy atom. The summed E-state index contributed by atoms with van der Waals surface area (Å²) >= 11 is 1.26. The van der Waals surface area contributed by atoms with Crippen molar-refractivity contribution in [1.82, 2.24) is 19.5 Å². The maximum absolute atomic E-state index is 11.5. The largest absolute Gasteiger partial charge is 0.394 e. The van der Waals surface area contributed by atoms with Crippen LogP contribution < -0.4 is 5.32 Å². The molecule has 2 N–H and O–H groups in total. The Morgan fingerprint density at radius 1 is 1.26 bits per heavy atom. The van der Waals surface area contributed by atoms with Gasteiger partial charge in [0.05, 0.1) is 32.8 Å². The maximum Gasteiger partial charge on any atom is 0.222 e. The molecule has 0 saturated carbocycles. The number of carbonyl (C=O) groups is 2. The van der Waals surface area contributed by atoms with Crippen LogP contribution in [-0.2, 0) is 32.8 Å². The van der Waals surface area contributed by atoms with E-state index in [1.807, 2.05) is 6.92 Å². The van der Waals surface area contributed by atoms with E-state index in [0.29, 0.717) is 43.2 Å². The van der Waals surface area contributed by atoms with Crippen LogP contribution in [0.2, 0.25) is 0 Å². The second-order valence-electron chi connectivity index (χ2n) is 7.38. The van der Waals surface area contributed by atoms with Crippen LogP contribution in [0.5, 0.6) is 0 Å². The highest BCUT2D eigenvalue weighted by Crippen LogP contribution is 2.38. The predicted molar refractivity (Wildman–Crippen MR) is 129 cm³/mol. The number of aliphatic hydroxyl groups is 1. The summed E-state index contributed by atoms with van der Waals surface area (Å²) in [4.78, 5) is 35.4. The third-order valence-corrected chi connectivity index (χ3v) is 6.69. The molecule has 15 heteroatoms. The van der Waals surface area contributed by atoms with Crippen molar-refractivity contribution in [3.8, 4) is 0 Å². The SMILES string of the molecule is CCC(=O)SCCOCCOPOC1[C@@H](CO)O[C@@H](n2cnc3c(NC(C)=O)ncnc32)[C@H]1OC. The number of anilines is 1. The van der Waals surface area contributed by atoms with E-state index in [1.54, 1.807) is 4.57 Å². The number of imidazole rings is 1. The standard InChI is InChI=1S/C20H30N5O8PS/c1-4-14(28)35-8-7-30-5-6-31-34-33-16-13(9-26)32-20(17(16)29-3)25-11-23-15-18(24-12(2)27)21-10-22-19(15)25/h10-11,13,16-17,20,26,34H,4-9H2,1-3H3,(H,21,22,24,27)/t13-,16?,17+,20-/m1/s1. The minimum atomic E-state index is -0.691. The fraction of sp³-hybridized carbons (Fsp3) is 0.650. The molecule has 2 aromatic rings. The number of amides is 1. The number of aromatic nitrogens is 4. The molecule has 13 nitrogen and oxygen atoms in total. The van der Waals surface area contributed by atoms with Gasteiger partial charge in [0, 0.05) is 26.2 Å². The lowest BCUT2D eigenvalue weighted by molar-refractivity contribution is -0.114. The summed E-state index contributed by atoms with van der Waals surface area (Å²) in [6, 6.07) is 0. The van der Waals surface area contributed by atoms with Gasteiger partial charge in [-0.05, 0) is 0 Å². The molecule has 1 fully saturated rings. The molecule has 0 spiro atoms. The number of nitrogens with one attached hydrogen (secondary N) is 1. The van der Waals surface area contributed by atoms with Gasteiger partial charge < -0.3 is 33.7 Å². The van der Waals surface area contributed by atoms with Gasteiger partial charge in [0.2, 0.25) is 5.91 Å². The van der Waals surface area contributed by atoms with Gasteiger partial charge in [0.25, 0.3) is 0 Å². The third-order valence-electron chi connectivity index (χ3n) is 5.02. The minimum absolute atomic E-state index is 0.146. The van der Waals surface area contributed by atoms with E-state index in [1.165, 1.54) is 38.5 Å². The number of aliphatic hydroxyl groups excluding tert-OH is 1. The first-order chi connectivity index (χ1) is 17.0. The van der Waals surface area contributed by atoms with Gasteiger partial charge >= 0.3 is 0 Å². The van der Waals surface area contributed by atoms with Crippen LogP contribution in [0.3, 0.4) is 0 Å². The lowest BCUT2D eigenvalue weighted by Crippen LogP contribution is -2.35. The Balaban J connectivity index is 1.55. The first-order valence-corrected chi connectivity index (χ1v) is 12.8. The number of thioether (sulfide) groups is 1. The summed E-state index contributed by atoms with van der Waals surface area (Å²) in [6.07, 6.45) is 0.781. The van der Waals surface area contributed by atoms with Crippen LogP contribution in [0.1, 0.15) is 26.5 Å². The van der Waals surface area contributed by atoms with Crippen molar-refractivity contribution in [2.24, 2.45) is 0 Å². The zero-order chi connectivity index (χ0) is 25.2. The molecule has 1 aliphatic rings. The molecule has 0 aliphatic carbocycles. The van der Waals surface area contributed by atoms with Crippen LogP contribution >= 0.6 is 20.8 Å². The fourth-order valence-corrected chi connectivity index (χ4v) is 4.68. The molecule has 0 bridgehead atoms. The van der Waals surface area contributed by atoms with Crippen molar-refractivity contribution in [1.29, 1.82) is 0 Å². The Labute approximate surface area is 208 Å². The summed E-state index contributed by atoms with van der Waals surface area (Å²) < 4.78 is 30.2. The average Bonchev–Trinajstić information content (AvgIpc) is 3.43. The van der Waals surface area contributed by atoms with Crippen LogP contribution in [0.15, 0.2) is 12.7 Å². The molecular weight excluding hydrogens is 501 g/mol. The summed E-state index contributed by atoms with van der Waals surface area (Å²) in [7, 11) is 1.20. The van der Waals surface area contributed by atoms with Crippen molar-refractivity contribution >= 4 is 48.8 Å². The highest BCUT2D eigenvalue weighted by molar-refractivity contribution is 8.13. The Bertz CT molecular complexity index is 982. The van der Waals surface area contributed by atoms with Crippen molar-refractivity contribution in [2.75, 3.05) is 44.6 Å². The van der Waals surface area contributed by atoms with Crippen molar-refractivity contribution in [2.45, 2.75) is 44.8 Å². The Morgan fingerprint density at radius 3 is 2.80 bits per heavy atom. The first kappa shape index (κ1) is 27.8. The number of carbonyl (C=O) groups excluding carboxylic acids is 2. The molecule has 5 atom stereocenters. The summed E-state index contributed by atoms with van der Waals surface area (Å²) in [5, 5.41) is 12.6. The zero-order valence-corrected chi connectivity index (χ0v) is 21.5. The topological polar surface area (TPSA) is 156 Å². The molecule has 3 rings (SSSR count). The van der Waals surface area contributed by atoms with E-state index < -0.39 is 24.5 Å². The van der Waals surface area contributed by atoms with Crippen LogP contribution in [-0.4, -0.2) is 93.3 Å². The number of nitrogens with zero attached hydrogens (tertiary/aromatic N) is 4. The molecule has 0 radical (unpaired) electrons. The molecular formula is C20H30N5O8PS. The lowest BCUT2D eigenvalue weighted by Gasteiger charge is -2.22. The van der Waals surface area contributed by atoms with Gasteiger partial charge in [-0.3, -0.25) is 14.2 Å². The van der Waals surface area contributed by atoms with E-state index in [-0.39, 0.29) is 32.5 Å². The summed E-state index contributed by atoms with van der Waals surface area (Å²) in [5.74, 6) is 0.615. The molecule has 35 heavy (non-hydrogen) atoms. The molecule has 0 aromatic carbocycles. The van der Waals surface area contributed by atoms with Crippen molar-refractivity contribution in [3.05, 3.63) is 12.7 Å². The quantitative estimate of drug-likeness (QED) is 0.266. The minimum Gasteiger partial charge on any atom is -0.394 e. The van der Waals surface area contributed by atoms with Gasteiger partial charge in [0.1, 0.15) is 24.6 Å². The molecule has 2 aromatic heterocycles. The van der Waals surface area contributed by atoms with Crippen LogP contribution in [0.25, 0.3) is 11.2 Å². The van der Waals surface area contributed by atoms with E-state index in [4.69, 9.17) is 23.3 Å². The first-order valence-electron chi connectivity index (χ1n) is 11.0. The second kappa shape index (κ2) is 14.1. The predicted octanol–water partition coefficient (Wildman–Crippen LogP) is 1.29. The number of hydrogen-bond donors (Lipinski definition) is 2. The molecule has 1 saturated heterocycles. The molecule has 3 heterocycles. The number of methoxy groups -OCH3 is 1. The lowest BCUT2D eigenvalue weighted by atomic mass is 10.1. The van der Waals surface area contributed by atoms with E-state index >= 15 is 0 Å². The van der Waals surface area contributed by atoms with Gasteiger partial charge in [-0.25, -0.2) is 15.0 Å². The second-order valence-corrected chi connectivity index (χ2v) is 9.22. The highest BCUT2D eigenvalue weighted by atomic mass is 32.2. The molecule has 194 valence electrons. The van der Waals surface area contributed by atoms with Gasteiger partial charge in [-0.1, -0.05) is 18.7 Å². The maximum atomic E-state index is 11.5. The molecule has 2 unspecified atom stereocenters. The van der Waals surface area contributed by atoms with Crippen molar-refractivity contribution in [3.63, 3.8) is 0 Å².